The van der Waals surface area contributed by atoms with Gasteiger partial charge >= 0.3 is 0 Å². The SMILES string of the molecule is NC1CCC(c2ccc3c(c2C2CCC(N)CC2)Cc2ccccc2-3)CC1. The Morgan fingerprint density at radius 3 is 1.96 bits per heavy atom. The molecule has 27 heavy (non-hydrogen) atoms. The highest BCUT2D eigenvalue weighted by Gasteiger charge is 2.32. The molecule has 0 radical (unpaired) electrons. The minimum absolute atomic E-state index is 0.409. The van der Waals surface area contributed by atoms with Gasteiger partial charge in [-0.15, -0.1) is 0 Å². The molecule has 2 heteroatoms. The van der Waals surface area contributed by atoms with Crippen molar-refractivity contribution in [2.45, 2.75) is 81.7 Å². The van der Waals surface area contributed by atoms with Gasteiger partial charge in [0, 0.05) is 12.1 Å². The first-order valence-corrected chi connectivity index (χ1v) is 11.0. The Bertz CT molecular complexity index is 824. The van der Waals surface area contributed by atoms with Gasteiger partial charge in [-0.3, -0.25) is 0 Å². The summed E-state index contributed by atoms with van der Waals surface area (Å²) in [6, 6.07) is 14.7. The van der Waals surface area contributed by atoms with Gasteiger partial charge in [-0.2, -0.15) is 0 Å². The van der Waals surface area contributed by atoms with E-state index in [0.29, 0.717) is 23.9 Å². The molecule has 2 aromatic rings. The molecule has 2 fully saturated rings. The second-order valence-electron chi connectivity index (χ2n) is 9.15. The zero-order valence-electron chi connectivity index (χ0n) is 16.3. The summed E-state index contributed by atoms with van der Waals surface area (Å²) in [4.78, 5) is 0. The molecule has 142 valence electrons. The zero-order valence-corrected chi connectivity index (χ0v) is 16.3. The molecular formula is C25H32N2. The lowest BCUT2D eigenvalue weighted by Gasteiger charge is -2.34. The Kier molecular flexibility index (Phi) is 4.57. The maximum atomic E-state index is 6.24. The van der Waals surface area contributed by atoms with Crippen LogP contribution in [0.15, 0.2) is 36.4 Å². The van der Waals surface area contributed by atoms with Gasteiger partial charge in [0.25, 0.3) is 0 Å². The predicted molar refractivity (Wildman–Crippen MR) is 113 cm³/mol. The van der Waals surface area contributed by atoms with E-state index in [1.54, 1.807) is 16.7 Å². The lowest BCUT2D eigenvalue weighted by molar-refractivity contribution is 0.375. The summed E-state index contributed by atoms with van der Waals surface area (Å²) in [5, 5.41) is 0. The normalized spacial score (nSPS) is 30.0. The van der Waals surface area contributed by atoms with Crippen molar-refractivity contribution >= 4 is 0 Å². The minimum Gasteiger partial charge on any atom is -0.328 e. The number of fused-ring (bicyclic) bond motifs is 3. The molecule has 0 amide bonds. The van der Waals surface area contributed by atoms with Gasteiger partial charge in [-0.05, 0) is 103 Å². The van der Waals surface area contributed by atoms with Gasteiger partial charge in [0.15, 0.2) is 0 Å². The van der Waals surface area contributed by atoms with Crippen LogP contribution in [0.5, 0.6) is 0 Å². The van der Waals surface area contributed by atoms with Gasteiger partial charge in [0.2, 0.25) is 0 Å². The molecule has 0 spiro atoms. The quantitative estimate of drug-likeness (QED) is 0.657. The van der Waals surface area contributed by atoms with Gasteiger partial charge in [0.1, 0.15) is 0 Å². The molecule has 0 bridgehead atoms. The van der Waals surface area contributed by atoms with Crippen LogP contribution in [0.2, 0.25) is 0 Å². The summed E-state index contributed by atoms with van der Waals surface area (Å²) < 4.78 is 0. The smallest absolute Gasteiger partial charge is 0.00392 e. The van der Waals surface area contributed by atoms with E-state index >= 15 is 0 Å². The van der Waals surface area contributed by atoms with Crippen LogP contribution in [0.4, 0.5) is 0 Å². The second kappa shape index (κ2) is 7.07. The highest BCUT2D eigenvalue weighted by atomic mass is 14.6. The Hall–Kier alpha value is -1.64. The summed E-state index contributed by atoms with van der Waals surface area (Å²) in [6.07, 6.45) is 10.8. The number of hydrogen-bond donors (Lipinski definition) is 2. The van der Waals surface area contributed by atoms with E-state index in [9.17, 15) is 0 Å². The first-order valence-electron chi connectivity index (χ1n) is 11.0. The van der Waals surface area contributed by atoms with Crippen molar-refractivity contribution in [3.05, 3.63) is 58.7 Å². The molecule has 2 aromatic carbocycles. The van der Waals surface area contributed by atoms with E-state index in [2.05, 4.69) is 36.4 Å². The summed E-state index contributed by atoms with van der Waals surface area (Å²) in [5.41, 5.74) is 21.9. The van der Waals surface area contributed by atoms with Crippen LogP contribution in [-0.2, 0) is 6.42 Å². The zero-order chi connectivity index (χ0) is 18.4. The van der Waals surface area contributed by atoms with Crippen molar-refractivity contribution < 1.29 is 0 Å². The molecule has 0 atom stereocenters. The molecule has 3 aliphatic rings. The van der Waals surface area contributed by atoms with Crippen LogP contribution in [0.25, 0.3) is 11.1 Å². The Morgan fingerprint density at radius 1 is 0.630 bits per heavy atom. The van der Waals surface area contributed by atoms with Crippen molar-refractivity contribution in [3.8, 4) is 11.1 Å². The molecule has 3 aliphatic carbocycles. The molecule has 0 aliphatic heterocycles. The third-order valence-electron chi connectivity index (χ3n) is 7.46. The number of hydrogen-bond acceptors (Lipinski definition) is 2. The van der Waals surface area contributed by atoms with Crippen molar-refractivity contribution in [2.24, 2.45) is 11.5 Å². The Labute approximate surface area is 163 Å². The fourth-order valence-electron chi connectivity index (χ4n) is 5.93. The van der Waals surface area contributed by atoms with E-state index in [4.69, 9.17) is 11.5 Å². The monoisotopic (exact) mass is 360 g/mol. The lowest BCUT2D eigenvalue weighted by atomic mass is 9.72. The molecule has 4 N–H and O–H groups in total. The predicted octanol–water partition coefficient (Wildman–Crippen LogP) is 5.23. The van der Waals surface area contributed by atoms with Crippen LogP contribution in [0, 0.1) is 0 Å². The molecule has 0 saturated heterocycles. The lowest BCUT2D eigenvalue weighted by Crippen LogP contribution is -2.28. The van der Waals surface area contributed by atoms with Gasteiger partial charge in [0.05, 0.1) is 0 Å². The topological polar surface area (TPSA) is 52.0 Å². The second-order valence-corrected chi connectivity index (χ2v) is 9.15. The van der Waals surface area contributed by atoms with E-state index in [1.165, 1.54) is 68.1 Å². The summed E-state index contributed by atoms with van der Waals surface area (Å²) in [7, 11) is 0. The van der Waals surface area contributed by atoms with E-state index in [1.807, 2.05) is 0 Å². The molecule has 0 unspecified atom stereocenters. The third-order valence-corrected chi connectivity index (χ3v) is 7.46. The maximum Gasteiger partial charge on any atom is 0.00392 e. The summed E-state index contributed by atoms with van der Waals surface area (Å²) in [6.45, 7) is 0. The highest BCUT2D eigenvalue weighted by molar-refractivity contribution is 5.79. The van der Waals surface area contributed by atoms with Gasteiger partial charge < -0.3 is 11.5 Å². The first-order chi connectivity index (χ1) is 13.2. The fraction of sp³-hybridized carbons (Fsp3) is 0.520. The number of rotatable bonds is 2. The summed E-state index contributed by atoms with van der Waals surface area (Å²) in [5.74, 6) is 1.39. The van der Waals surface area contributed by atoms with Crippen LogP contribution in [-0.4, -0.2) is 12.1 Å². The van der Waals surface area contributed by atoms with E-state index in [-0.39, 0.29) is 0 Å². The average molecular weight is 361 g/mol. The third kappa shape index (κ3) is 3.13. The standard InChI is InChI=1S/C25H32N2/c26-19-9-5-16(6-10-19)22-13-14-23-21-4-2-1-3-18(21)15-24(23)25(22)17-7-11-20(27)12-8-17/h1-4,13-14,16-17,19-20H,5-12,15,26-27H2. The van der Waals surface area contributed by atoms with Crippen molar-refractivity contribution in [2.75, 3.05) is 0 Å². The van der Waals surface area contributed by atoms with Crippen LogP contribution < -0.4 is 11.5 Å². The summed E-state index contributed by atoms with van der Waals surface area (Å²) >= 11 is 0. The van der Waals surface area contributed by atoms with Crippen LogP contribution >= 0.6 is 0 Å². The molecular weight excluding hydrogens is 328 g/mol. The highest BCUT2D eigenvalue weighted by Crippen LogP contribution is 2.48. The Balaban J connectivity index is 1.58. The van der Waals surface area contributed by atoms with Crippen LogP contribution in [0.1, 0.15) is 85.5 Å². The van der Waals surface area contributed by atoms with Crippen molar-refractivity contribution in [3.63, 3.8) is 0 Å². The fourth-order valence-corrected chi connectivity index (χ4v) is 5.93. The van der Waals surface area contributed by atoms with Crippen LogP contribution in [0.3, 0.4) is 0 Å². The van der Waals surface area contributed by atoms with Gasteiger partial charge in [-0.1, -0.05) is 36.4 Å². The Morgan fingerprint density at radius 2 is 1.26 bits per heavy atom. The molecule has 2 saturated carbocycles. The van der Waals surface area contributed by atoms with Gasteiger partial charge in [-0.25, -0.2) is 0 Å². The van der Waals surface area contributed by atoms with E-state index < -0.39 is 0 Å². The van der Waals surface area contributed by atoms with E-state index in [0.717, 1.165) is 6.42 Å². The molecule has 2 nitrogen and oxygen atoms in total. The molecule has 0 heterocycles. The molecule has 0 aromatic heterocycles. The maximum absolute atomic E-state index is 6.24. The number of benzene rings is 2. The molecule has 5 rings (SSSR count). The van der Waals surface area contributed by atoms with Crippen molar-refractivity contribution in [1.82, 2.24) is 0 Å². The first kappa shape index (κ1) is 17.5. The minimum atomic E-state index is 0.409. The average Bonchev–Trinajstić information content (AvgIpc) is 3.07. The van der Waals surface area contributed by atoms with Crippen molar-refractivity contribution in [1.29, 1.82) is 0 Å². The largest absolute Gasteiger partial charge is 0.328 e. The number of nitrogens with two attached hydrogens (primary N) is 2.